The fraction of sp³-hybridized carbons (Fsp3) is 0. The largest absolute Gasteiger partial charge is 0.310 e. The van der Waals surface area contributed by atoms with E-state index in [1.54, 1.807) is 22.7 Å². The maximum atomic E-state index is 4.92. The number of fused-ring (bicyclic) bond motifs is 6. The fourth-order valence-corrected chi connectivity index (χ4v) is 9.73. The fourth-order valence-electron chi connectivity index (χ4n) is 7.78. The van der Waals surface area contributed by atoms with Crippen molar-refractivity contribution in [1.82, 2.24) is 9.97 Å². The van der Waals surface area contributed by atoms with Crippen molar-refractivity contribution in [3.8, 4) is 32.3 Å². The second-order valence-corrected chi connectivity index (χ2v) is 15.9. The van der Waals surface area contributed by atoms with Gasteiger partial charge in [0.15, 0.2) is 0 Å². The Morgan fingerprint density at radius 3 is 1.55 bits per heavy atom. The molecule has 0 unspecified atom stereocenters. The van der Waals surface area contributed by atoms with Gasteiger partial charge in [-0.15, -0.1) is 22.7 Å². The number of benzene rings is 9. The van der Waals surface area contributed by atoms with Gasteiger partial charge < -0.3 is 4.90 Å². The Morgan fingerprint density at radius 1 is 0.364 bits per heavy atom. The maximum Gasteiger partial charge on any atom is 0.124 e. The minimum atomic E-state index is 1.03. The lowest BCUT2D eigenvalue weighted by Gasteiger charge is -2.26. The van der Waals surface area contributed by atoms with E-state index in [-0.39, 0.29) is 0 Å². The van der Waals surface area contributed by atoms with Crippen molar-refractivity contribution in [2.24, 2.45) is 0 Å². The summed E-state index contributed by atoms with van der Waals surface area (Å²) in [4.78, 5) is 12.2. The van der Waals surface area contributed by atoms with Crippen molar-refractivity contribution in [1.29, 1.82) is 0 Å². The number of rotatable bonds is 6. The van der Waals surface area contributed by atoms with Crippen LogP contribution in [0.4, 0.5) is 17.1 Å². The Morgan fingerprint density at radius 2 is 0.873 bits per heavy atom. The van der Waals surface area contributed by atoms with Crippen LogP contribution in [0.25, 0.3) is 85.0 Å². The number of hydrogen-bond donors (Lipinski definition) is 0. The third-order valence-corrected chi connectivity index (χ3v) is 12.7. The maximum absolute atomic E-state index is 4.92. The zero-order chi connectivity index (χ0) is 36.3. The number of hydrogen-bond acceptors (Lipinski definition) is 5. The molecular formula is C50H31N3S2. The Labute approximate surface area is 326 Å². The standard InChI is InChI=1S/C50H31N3S2/c1-2-10-42-32(8-1)16-17-33-9-7-11-43(48(33)42)38-19-18-37-31-41(29-24-36(37)30-38)53(39-25-20-34(21-26-39)49-51-44-12-3-5-14-46(44)54-49)40-27-22-35(23-28-40)50-52-45-13-4-6-15-47(45)55-50/h1-31H. The molecule has 0 aliphatic heterocycles. The Kier molecular flexibility index (Phi) is 7.54. The van der Waals surface area contributed by atoms with E-state index in [1.165, 1.54) is 52.8 Å². The molecule has 0 amide bonds. The molecule has 0 aliphatic rings. The molecule has 0 aliphatic carbocycles. The van der Waals surface area contributed by atoms with Gasteiger partial charge in [-0.05, 0) is 134 Å². The summed E-state index contributed by atoms with van der Waals surface area (Å²) in [5.41, 5.74) is 10.0. The van der Waals surface area contributed by atoms with Crippen molar-refractivity contribution in [3.63, 3.8) is 0 Å². The first-order valence-corrected chi connectivity index (χ1v) is 20.0. The van der Waals surface area contributed by atoms with E-state index < -0.39 is 0 Å². The van der Waals surface area contributed by atoms with E-state index in [2.05, 4.69) is 181 Å². The summed E-state index contributed by atoms with van der Waals surface area (Å²) >= 11 is 3.46. The molecule has 2 aromatic heterocycles. The van der Waals surface area contributed by atoms with Gasteiger partial charge in [-0.25, -0.2) is 9.97 Å². The summed E-state index contributed by atoms with van der Waals surface area (Å²) < 4.78 is 2.40. The van der Waals surface area contributed by atoms with Crippen molar-refractivity contribution in [3.05, 3.63) is 188 Å². The molecule has 0 saturated carbocycles. The van der Waals surface area contributed by atoms with Crippen LogP contribution in [0.3, 0.4) is 0 Å². The molecule has 0 radical (unpaired) electrons. The highest BCUT2D eigenvalue weighted by molar-refractivity contribution is 7.22. The summed E-state index contributed by atoms with van der Waals surface area (Å²) in [5, 5.41) is 9.54. The molecule has 5 heteroatoms. The number of nitrogens with zero attached hydrogens (tertiary/aromatic N) is 3. The predicted molar refractivity (Wildman–Crippen MR) is 236 cm³/mol. The van der Waals surface area contributed by atoms with Crippen molar-refractivity contribution >= 4 is 92.5 Å². The summed E-state index contributed by atoms with van der Waals surface area (Å²) in [7, 11) is 0. The minimum Gasteiger partial charge on any atom is -0.310 e. The van der Waals surface area contributed by atoms with Crippen LogP contribution in [0.15, 0.2) is 188 Å². The summed E-state index contributed by atoms with van der Waals surface area (Å²) in [6.45, 7) is 0. The van der Waals surface area contributed by atoms with E-state index in [4.69, 9.17) is 9.97 Å². The van der Waals surface area contributed by atoms with Gasteiger partial charge in [0.2, 0.25) is 0 Å². The van der Waals surface area contributed by atoms with Gasteiger partial charge in [-0.2, -0.15) is 0 Å². The summed E-state index contributed by atoms with van der Waals surface area (Å²) in [6, 6.07) is 67.7. The zero-order valence-corrected chi connectivity index (χ0v) is 31.2. The van der Waals surface area contributed by atoms with Crippen LogP contribution in [0.1, 0.15) is 0 Å². The third kappa shape index (κ3) is 5.64. The first-order chi connectivity index (χ1) is 27.2. The second kappa shape index (κ2) is 13.0. The quantitative estimate of drug-likeness (QED) is 0.159. The first-order valence-electron chi connectivity index (χ1n) is 18.4. The van der Waals surface area contributed by atoms with E-state index in [0.717, 1.165) is 49.2 Å². The molecular weight excluding hydrogens is 707 g/mol. The van der Waals surface area contributed by atoms with Crippen molar-refractivity contribution < 1.29 is 0 Å². The molecule has 0 saturated heterocycles. The van der Waals surface area contributed by atoms with Crippen molar-refractivity contribution in [2.45, 2.75) is 0 Å². The zero-order valence-electron chi connectivity index (χ0n) is 29.6. The van der Waals surface area contributed by atoms with Crippen LogP contribution in [0, 0.1) is 0 Å². The van der Waals surface area contributed by atoms with Crippen LogP contribution >= 0.6 is 22.7 Å². The Balaban J connectivity index is 0.999. The third-order valence-electron chi connectivity index (χ3n) is 10.5. The SMILES string of the molecule is c1ccc2c(c1)ccc1cccc(-c3ccc4cc(N(c5ccc(-c6nc7ccccc7s6)cc5)c5ccc(-c6nc7ccccc7s6)cc5)ccc4c3)c12. The molecule has 11 rings (SSSR count). The molecule has 0 fully saturated rings. The molecule has 2 heterocycles. The molecule has 55 heavy (non-hydrogen) atoms. The van der Waals surface area contributed by atoms with Crippen LogP contribution in [0.5, 0.6) is 0 Å². The molecule has 0 bridgehead atoms. The van der Waals surface area contributed by atoms with Crippen LogP contribution in [-0.4, -0.2) is 9.97 Å². The van der Waals surface area contributed by atoms with E-state index in [9.17, 15) is 0 Å². The number of para-hydroxylation sites is 2. The lowest BCUT2D eigenvalue weighted by molar-refractivity contribution is 1.29. The number of aromatic nitrogens is 2. The number of anilines is 3. The van der Waals surface area contributed by atoms with Gasteiger partial charge >= 0.3 is 0 Å². The van der Waals surface area contributed by atoms with Crippen LogP contribution in [0.2, 0.25) is 0 Å². The highest BCUT2D eigenvalue weighted by atomic mass is 32.1. The monoisotopic (exact) mass is 737 g/mol. The molecule has 0 spiro atoms. The summed E-state index contributed by atoms with van der Waals surface area (Å²) in [5.74, 6) is 0. The van der Waals surface area contributed by atoms with Crippen molar-refractivity contribution in [2.75, 3.05) is 4.90 Å². The molecule has 3 nitrogen and oxygen atoms in total. The second-order valence-electron chi connectivity index (χ2n) is 13.8. The van der Waals surface area contributed by atoms with Gasteiger partial charge in [0.25, 0.3) is 0 Å². The highest BCUT2D eigenvalue weighted by Crippen LogP contribution is 2.41. The average Bonchev–Trinajstić information content (AvgIpc) is 3.89. The number of thiazole rings is 2. The predicted octanol–water partition coefficient (Wildman–Crippen LogP) is 14.8. The van der Waals surface area contributed by atoms with Gasteiger partial charge in [-0.1, -0.05) is 97.1 Å². The van der Waals surface area contributed by atoms with Gasteiger partial charge in [0, 0.05) is 28.2 Å². The lowest BCUT2D eigenvalue weighted by atomic mass is 9.92. The lowest BCUT2D eigenvalue weighted by Crippen LogP contribution is -2.09. The van der Waals surface area contributed by atoms with E-state index in [1.807, 2.05) is 12.1 Å². The van der Waals surface area contributed by atoms with Gasteiger partial charge in [0.05, 0.1) is 20.4 Å². The molecule has 0 atom stereocenters. The normalized spacial score (nSPS) is 11.6. The average molecular weight is 738 g/mol. The minimum absolute atomic E-state index is 1.03. The Bertz CT molecular complexity index is 3030. The molecule has 258 valence electrons. The summed E-state index contributed by atoms with van der Waals surface area (Å²) in [6.07, 6.45) is 0. The highest BCUT2D eigenvalue weighted by Gasteiger charge is 2.16. The van der Waals surface area contributed by atoms with Gasteiger partial charge in [-0.3, -0.25) is 0 Å². The van der Waals surface area contributed by atoms with Gasteiger partial charge in [0.1, 0.15) is 10.0 Å². The molecule has 11 aromatic rings. The van der Waals surface area contributed by atoms with Crippen LogP contribution < -0.4 is 4.90 Å². The molecule has 0 N–H and O–H groups in total. The smallest absolute Gasteiger partial charge is 0.124 e. The van der Waals surface area contributed by atoms with E-state index >= 15 is 0 Å². The van der Waals surface area contributed by atoms with E-state index in [0.29, 0.717) is 0 Å². The Hall–Kier alpha value is -6.66. The van der Waals surface area contributed by atoms with Crippen LogP contribution in [-0.2, 0) is 0 Å². The first kappa shape index (κ1) is 31.8. The topological polar surface area (TPSA) is 29.0 Å². The molecule has 9 aromatic carbocycles.